The van der Waals surface area contributed by atoms with Gasteiger partial charge in [0.2, 0.25) is 0 Å². The first-order valence-corrected chi connectivity index (χ1v) is 8.07. The second kappa shape index (κ2) is 9.26. The Balaban J connectivity index is 2.66. The third-order valence-corrected chi connectivity index (χ3v) is 3.74. The van der Waals surface area contributed by atoms with Crippen LogP contribution in [0.4, 0.5) is 0 Å². The van der Waals surface area contributed by atoms with Gasteiger partial charge in [0.1, 0.15) is 17.7 Å². The largest absolute Gasteiger partial charge is 0.480 e. The summed E-state index contributed by atoms with van der Waals surface area (Å²) in [5.74, 6) is -0.668. The number of nitrogens with one attached hydrogen (secondary N) is 2. The van der Waals surface area contributed by atoms with Crippen molar-refractivity contribution >= 4 is 23.6 Å². The van der Waals surface area contributed by atoms with E-state index >= 15 is 0 Å². The zero-order valence-corrected chi connectivity index (χ0v) is 12.8. The van der Waals surface area contributed by atoms with E-state index in [1.165, 1.54) is 6.20 Å². The van der Waals surface area contributed by atoms with E-state index in [1.54, 1.807) is 16.7 Å². The second-order valence-corrected chi connectivity index (χ2v) is 5.54. The first kappa shape index (κ1) is 17.3. The average Bonchev–Trinajstić information content (AvgIpc) is 2.51. The number of thioether (sulfide) groups is 1. The molecule has 116 valence electrons. The first-order chi connectivity index (χ1) is 10.1. The number of aliphatic carboxylic acids is 1. The number of carbonyl (C=O) groups excluding carboxylic acids is 1. The summed E-state index contributed by atoms with van der Waals surface area (Å²) in [5, 5.41) is 24.0. The number of rotatable bonds is 7. The predicted octanol–water partition coefficient (Wildman–Crippen LogP) is -0.378. The number of amides is 1. The van der Waals surface area contributed by atoms with Crippen LogP contribution in [-0.2, 0) is 9.59 Å². The number of piperazine rings is 1. The zero-order valence-electron chi connectivity index (χ0n) is 12.0. The molecule has 0 bridgehead atoms. The van der Waals surface area contributed by atoms with E-state index in [9.17, 15) is 9.59 Å². The minimum Gasteiger partial charge on any atom is -0.480 e. The standard InChI is InChI=1S/C13H20N4O3S/c1-21-7-2-11(13(19)20)16-9-10(8-14)12(18)17-5-3-15-4-6-17/h9,11,15-16H,2-7H2,1H3,(H,19,20)/b10-9-. The number of hydrogen-bond acceptors (Lipinski definition) is 6. The smallest absolute Gasteiger partial charge is 0.326 e. The fraction of sp³-hybridized carbons (Fsp3) is 0.615. The number of carbonyl (C=O) groups is 2. The number of nitriles is 1. The predicted molar refractivity (Wildman–Crippen MR) is 80.7 cm³/mol. The van der Waals surface area contributed by atoms with Crippen molar-refractivity contribution in [2.24, 2.45) is 0 Å². The van der Waals surface area contributed by atoms with Crippen molar-refractivity contribution in [1.82, 2.24) is 15.5 Å². The fourth-order valence-corrected chi connectivity index (χ4v) is 2.35. The molecule has 7 nitrogen and oxygen atoms in total. The van der Waals surface area contributed by atoms with Crippen LogP contribution in [0.25, 0.3) is 0 Å². The molecular formula is C13H20N4O3S. The topological polar surface area (TPSA) is 105 Å². The third-order valence-electron chi connectivity index (χ3n) is 3.09. The summed E-state index contributed by atoms with van der Waals surface area (Å²) in [4.78, 5) is 24.8. The van der Waals surface area contributed by atoms with Gasteiger partial charge in [-0.05, 0) is 18.4 Å². The maximum absolute atomic E-state index is 12.1. The lowest BCUT2D eigenvalue weighted by atomic mass is 10.2. The van der Waals surface area contributed by atoms with E-state index < -0.39 is 12.0 Å². The second-order valence-electron chi connectivity index (χ2n) is 4.55. The summed E-state index contributed by atoms with van der Waals surface area (Å²) >= 11 is 1.55. The van der Waals surface area contributed by atoms with E-state index in [0.29, 0.717) is 38.4 Å². The van der Waals surface area contributed by atoms with Crippen LogP contribution in [0.2, 0.25) is 0 Å². The van der Waals surface area contributed by atoms with Gasteiger partial charge in [-0.25, -0.2) is 4.79 Å². The van der Waals surface area contributed by atoms with Crippen molar-refractivity contribution in [3.63, 3.8) is 0 Å². The summed E-state index contributed by atoms with van der Waals surface area (Å²) in [6, 6.07) is 1.04. The molecule has 1 saturated heterocycles. The molecule has 0 aromatic carbocycles. The van der Waals surface area contributed by atoms with Gasteiger partial charge in [-0.15, -0.1) is 0 Å². The van der Waals surface area contributed by atoms with Crippen LogP contribution in [0, 0.1) is 11.3 Å². The Hall–Kier alpha value is -1.72. The Bertz CT molecular complexity index is 441. The summed E-state index contributed by atoms with van der Waals surface area (Å²) in [7, 11) is 0. The first-order valence-electron chi connectivity index (χ1n) is 6.68. The van der Waals surface area contributed by atoms with Crippen LogP contribution in [0.5, 0.6) is 0 Å². The Morgan fingerprint density at radius 2 is 2.19 bits per heavy atom. The molecule has 1 fully saturated rings. The minimum absolute atomic E-state index is 0.0627. The fourth-order valence-electron chi connectivity index (χ4n) is 1.88. The van der Waals surface area contributed by atoms with Crippen LogP contribution in [-0.4, -0.2) is 66.1 Å². The number of carboxylic acid groups (broad SMARTS) is 1. The van der Waals surface area contributed by atoms with Gasteiger partial charge in [-0.2, -0.15) is 17.0 Å². The van der Waals surface area contributed by atoms with Crippen LogP contribution in [0.1, 0.15) is 6.42 Å². The number of carboxylic acids is 1. The highest BCUT2D eigenvalue weighted by molar-refractivity contribution is 7.98. The Morgan fingerprint density at radius 1 is 1.52 bits per heavy atom. The molecule has 1 aliphatic heterocycles. The molecule has 0 spiro atoms. The molecule has 0 radical (unpaired) electrons. The molecular weight excluding hydrogens is 292 g/mol. The lowest BCUT2D eigenvalue weighted by Gasteiger charge is -2.27. The highest BCUT2D eigenvalue weighted by Gasteiger charge is 2.21. The highest BCUT2D eigenvalue weighted by Crippen LogP contribution is 2.05. The Kier molecular flexibility index (Phi) is 7.64. The van der Waals surface area contributed by atoms with Gasteiger partial charge in [0.05, 0.1) is 0 Å². The van der Waals surface area contributed by atoms with Crippen molar-refractivity contribution < 1.29 is 14.7 Å². The molecule has 0 aromatic heterocycles. The van der Waals surface area contributed by atoms with E-state index in [2.05, 4.69) is 10.6 Å². The third kappa shape index (κ3) is 5.65. The maximum Gasteiger partial charge on any atom is 0.326 e. The van der Waals surface area contributed by atoms with E-state index in [0.717, 1.165) is 0 Å². The van der Waals surface area contributed by atoms with Gasteiger partial charge in [-0.1, -0.05) is 0 Å². The van der Waals surface area contributed by atoms with E-state index in [1.807, 2.05) is 12.3 Å². The molecule has 1 heterocycles. The highest BCUT2D eigenvalue weighted by atomic mass is 32.2. The maximum atomic E-state index is 12.1. The van der Waals surface area contributed by atoms with Crippen LogP contribution in [0.15, 0.2) is 11.8 Å². The molecule has 0 aliphatic carbocycles. The molecule has 8 heteroatoms. The number of nitrogens with zero attached hydrogens (tertiary/aromatic N) is 2. The minimum atomic E-state index is -0.993. The lowest BCUT2D eigenvalue weighted by molar-refractivity contribution is -0.139. The normalized spacial score (nSPS) is 17.0. The van der Waals surface area contributed by atoms with Crippen LogP contribution >= 0.6 is 11.8 Å². The molecule has 0 saturated carbocycles. The molecule has 1 unspecified atom stereocenters. The summed E-state index contributed by atoms with van der Waals surface area (Å²) in [6.45, 7) is 2.49. The van der Waals surface area contributed by atoms with Gasteiger partial charge in [-0.3, -0.25) is 4.79 Å². The Morgan fingerprint density at radius 3 is 2.71 bits per heavy atom. The molecule has 3 N–H and O–H groups in total. The molecule has 1 amide bonds. The average molecular weight is 312 g/mol. The van der Waals surface area contributed by atoms with Gasteiger partial charge in [0, 0.05) is 32.4 Å². The summed E-state index contributed by atoms with van der Waals surface area (Å²) in [6.07, 6.45) is 3.54. The van der Waals surface area contributed by atoms with Crippen molar-refractivity contribution in [2.75, 3.05) is 38.2 Å². The van der Waals surface area contributed by atoms with Gasteiger partial charge in [0.25, 0.3) is 5.91 Å². The van der Waals surface area contributed by atoms with Gasteiger partial charge in [0.15, 0.2) is 0 Å². The molecule has 1 rings (SSSR count). The van der Waals surface area contributed by atoms with Gasteiger partial charge < -0.3 is 20.6 Å². The monoisotopic (exact) mass is 312 g/mol. The number of hydrogen-bond donors (Lipinski definition) is 3. The van der Waals surface area contributed by atoms with Crippen LogP contribution < -0.4 is 10.6 Å². The molecule has 1 aliphatic rings. The zero-order chi connectivity index (χ0) is 15.7. The summed E-state index contributed by atoms with van der Waals surface area (Å²) < 4.78 is 0. The molecule has 1 atom stereocenters. The SMILES string of the molecule is CSCCC(N/C=C(/C#N)C(=O)N1CCNCC1)C(=O)O. The quantitative estimate of drug-likeness (QED) is 0.435. The summed E-state index contributed by atoms with van der Waals surface area (Å²) in [5.41, 5.74) is -0.0627. The lowest BCUT2D eigenvalue weighted by Crippen LogP contribution is -2.47. The van der Waals surface area contributed by atoms with Crippen LogP contribution in [0.3, 0.4) is 0 Å². The van der Waals surface area contributed by atoms with Crippen molar-refractivity contribution in [2.45, 2.75) is 12.5 Å². The van der Waals surface area contributed by atoms with Gasteiger partial charge >= 0.3 is 5.97 Å². The van der Waals surface area contributed by atoms with Crippen molar-refractivity contribution in [3.8, 4) is 6.07 Å². The Labute approximate surface area is 128 Å². The van der Waals surface area contributed by atoms with Crippen molar-refractivity contribution in [1.29, 1.82) is 5.26 Å². The van der Waals surface area contributed by atoms with Crippen molar-refractivity contribution in [3.05, 3.63) is 11.8 Å². The van der Waals surface area contributed by atoms with E-state index in [4.69, 9.17) is 10.4 Å². The van der Waals surface area contributed by atoms with E-state index in [-0.39, 0.29) is 11.5 Å². The molecule has 21 heavy (non-hydrogen) atoms. The molecule has 0 aromatic rings.